The summed E-state index contributed by atoms with van der Waals surface area (Å²) in [5.74, 6) is 0. The first-order chi connectivity index (χ1) is 4.41. The number of hydrogen-bond donors (Lipinski definition) is 2. The molecule has 0 heterocycles. The molecule has 3 nitrogen and oxygen atoms in total. The van der Waals surface area contributed by atoms with Crippen LogP contribution in [0.5, 0.6) is 0 Å². The van der Waals surface area contributed by atoms with Crippen LogP contribution in [0.1, 0.15) is 12.8 Å². The summed E-state index contributed by atoms with van der Waals surface area (Å²) in [6.45, 7) is 1.88. The highest BCUT2D eigenvalue weighted by Gasteiger charge is 1.84. The van der Waals surface area contributed by atoms with Crippen LogP contribution in [0.2, 0.25) is 0 Å². The molecule has 9 heavy (non-hydrogen) atoms. The number of hydrogen-bond acceptors (Lipinski definition) is 3. The molecule has 0 aromatic rings. The van der Waals surface area contributed by atoms with Crippen molar-refractivity contribution < 1.29 is 4.84 Å². The predicted molar refractivity (Wildman–Crippen MR) is 38.2 cm³/mol. The van der Waals surface area contributed by atoms with E-state index in [0.717, 1.165) is 19.6 Å². The van der Waals surface area contributed by atoms with Crippen molar-refractivity contribution in [3.8, 4) is 0 Å². The van der Waals surface area contributed by atoms with Gasteiger partial charge in [-0.1, -0.05) is 0 Å². The monoisotopic (exact) mass is 132 g/mol. The molecule has 0 aliphatic carbocycles. The average molecular weight is 132 g/mol. The number of hydroxylamine groups is 1. The van der Waals surface area contributed by atoms with E-state index in [1.807, 2.05) is 7.05 Å². The van der Waals surface area contributed by atoms with Gasteiger partial charge in [-0.25, -0.2) is 5.48 Å². The van der Waals surface area contributed by atoms with Crippen LogP contribution in [0.4, 0.5) is 0 Å². The predicted octanol–water partition coefficient (Wildman–Crippen LogP) is 0.137. The molecule has 0 radical (unpaired) electrons. The molecule has 0 atom stereocenters. The third kappa shape index (κ3) is 7.88. The Morgan fingerprint density at radius 3 is 2.56 bits per heavy atom. The molecule has 0 saturated heterocycles. The van der Waals surface area contributed by atoms with Gasteiger partial charge in [-0.05, 0) is 26.4 Å². The van der Waals surface area contributed by atoms with Crippen molar-refractivity contribution in [1.29, 1.82) is 0 Å². The van der Waals surface area contributed by atoms with Crippen molar-refractivity contribution in [3.05, 3.63) is 0 Å². The highest BCUT2D eigenvalue weighted by atomic mass is 16.6. The van der Waals surface area contributed by atoms with Gasteiger partial charge in [0, 0.05) is 7.05 Å². The minimum Gasteiger partial charge on any atom is -0.320 e. The first-order valence-corrected chi connectivity index (χ1v) is 3.35. The summed E-state index contributed by atoms with van der Waals surface area (Å²) in [5, 5.41) is 3.07. The Labute approximate surface area is 56.7 Å². The fraction of sp³-hybridized carbons (Fsp3) is 1.00. The van der Waals surface area contributed by atoms with Crippen LogP contribution in [0.25, 0.3) is 0 Å². The van der Waals surface area contributed by atoms with Crippen LogP contribution < -0.4 is 10.8 Å². The molecule has 0 aromatic carbocycles. The lowest BCUT2D eigenvalue weighted by Gasteiger charge is -1.99. The van der Waals surface area contributed by atoms with Crippen LogP contribution in [-0.4, -0.2) is 27.2 Å². The molecular weight excluding hydrogens is 116 g/mol. The van der Waals surface area contributed by atoms with Crippen LogP contribution in [0.3, 0.4) is 0 Å². The molecule has 0 unspecified atom stereocenters. The van der Waals surface area contributed by atoms with Gasteiger partial charge >= 0.3 is 0 Å². The van der Waals surface area contributed by atoms with Gasteiger partial charge in [0.2, 0.25) is 0 Å². The third-order valence-electron chi connectivity index (χ3n) is 1.07. The van der Waals surface area contributed by atoms with Crippen LogP contribution >= 0.6 is 0 Å². The van der Waals surface area contributed by atoms with Crippen LogP contribution in [0, 0.1) is 0 Å². The van der Waals surface area contributed by atoms with Gasteiger partial charge in [-0.2, -0.15) is 0 Å². The second-order valence-corrected chi connectivity index (χ2v) is 1.86. The summed E-state index contributed by atoms with van der Waals surface area (Å²) in [6, 6.07) is 0. The van der Waals surface area contributed by atoms with Crippen molar-refractivity contribution in [2.45, 2.75) is 12.8 Å². The molecule has 0 aliphatic rings. The van der Waals surface area contributed by atoms with Gasteiger partial charge in [0.15, 0.2) is 0 Å². The summed E-state index contributed by atoms with van der Waals surface area (Å²) in [5.41, 5.74) is 2.62. The Bertz CT molecular complexity index is 44.3. The maximum Gasteiger partial charge on any atom is 0.0682 e. The van der Waals surface area contributed by atoms with Gasteiger partial charge < -0.3 is 10.2 Å². The van der Waals surface area contributed by atoms with E-state index >= 15 is 0 Å². The van der Waals surface area contributed by atoms with E-state index in [4.69, 9.17) is 4.84 Å². The molecule has 0 rings (SSSR count). The zero-order valence-corrected chi connectivity index (χ0v) is 6.24. The lowest BCUT2D eigenvalue weighted by atomic mass is 10.3. The van der Waals surface area contributed by atoms with E-state index < -0.39 is 0 Å². The lowest BCUT2D eigenvalue weighted by Crippen LogP contribution is -2.11. The molecule has 0 saturated carbocycles. The molecule has 0 fully saturated rings. The first kappa shape index (κ1) is 8.88. The van der Waals surface area contributed by atoms with Gasteiger partial charge in [-0.15, -0.1) is 0 Å². The molecule has 3 heteroatoms. The zero-order valence-electron chi connectivity index (χ0n) is 6.24. The van der Waals surface area contributed by atoms with Crippen molar-refractivity contribution >= 4 is 0 Å². The maximum absolute atomic E-state index is 4.90. The maximum atomic E-state index is 4.90. The van der Waals surface area contributed by atoms with Gasteiger partial charge in [0.1, 0.15) is 0 Å². The molecule has 0 spiro atoms. The fourth-order valence-electron chi connectivity index (χ4n) is 0.578. The van der Waals surface area contributed by atoms with Gasteiger partial charge in [0.25, 0.3) is 0 Å². The summed E-state index contributed by atoms with van der Waals surface area (Å²) >= 11 is 0. The lowest BCUT2D eigenvalue weighted by molar-refractivity contribution is 0.0554. The molecule has 0 aromatic heterocycles. The highest BCUT2D eigenvalue weighted by Crippen LogP contribution is 1.84. The first-order valence-electron chi connectivity index (χ1n) is 3.35. The molecule has 56 valence electrons. The van der Waals surface area contributed by atoms with E-state index in [0.29, 0.717) is 0 Å². The van der Waals surface area contributed by atoms with E-state index in [-0.39, 0.29) is 0 Å². The summed E-state index contributed by atoms with van der Waals surface area (Å²) in [7, 11) is 3.73. The van der Waals surface area contributed by atoms with E-state index in [9.17, 15) is 0 Å². The van der Waals surface area contributed by atoms with Crippen molar-refractivity contribution in [1.82, 2.24) is 10.8 Å². The van der Waals surface area contributed by atoms with Gasteiger partial charge in [-0.3, -0.25) is 0 Å². The fourth-order valence-corrected chi connectivity index (χ4v) is 0.578. The Hall–Kier alpha value is -0.120. The number of nitrogens with one attached hydrogen (secondary N) is 2. The SMILES string of the molecule is CNCCCCONC. The second kappa shape index (κ2) is 7.88. The summed E-state index contributed by atoms with van der Waals surface area (Å²) in [4.78, 5) is 4.90. The number of unbranched alkanes of at least 4 members (excludes halogenated alkanes) is 1. The standard InChI is InChI=1S/C6H16N2O/c1-7-5-3-4-6-9-8-2/h7-8H,3-6H2,1-2H3. The van der Waals surface area contributed by atoms with E-state index in [1.54, 1.807) is 7.05 Å². The Balaban J connectivity index is 2.60. The average Bonchev–Trinajstić information content (AvgIpc) is 1.89. The third-order valence-corrected chi connectivity index (χ3v) is 1.07. The minimum atomic E-state index is 0.804. The normalized spacial score (nSPS) is 10.0. The Morgan fingerprint density at radius 1 is 1.22 bits per heavy atom. The molecule has 0 amide bonds. The highest BCUT2D eigenvalue weighted by molar-refractivity contribution is 4.40. The molecule has 2 N–H and O–H groups in total. The van der Waals surface area contributed by atoms with E-state index in [2.05, 4.69) is 10.8 Å². The Morgan fingerprint density at radius 2 is 2.00 bits per heavy atom. The van der Waals surface area contributed by atoms with Crippen molar-refractivity contribution in [2.24, 2.45) is 0 Å². The summed E-state index contributed by atoms with van der Waals surface area (Å²) < 4.78 is 0. The van der Waals surface area contributed by atoms with Crippen molar-refractivity contribution in [2.75, 3.05) is 27.2 Å². The van der Waals surface area contributed by atoms with E-state index in [1.165, 1.54) is 6.42 Å². The Kier molecular flexibility index (Phi) is 7.77. The van der Waals surface area contributed by atoms with Gasteiger partial charge in [0.05, 0.1) is 6.61 Å². The molecule has 0 bridgehead atoms. The van der Waals surface area contributed by atoms with Crippen LogP contribution in [-0.2, 0) is 4.84 Å². The number of rotatable bonds is 6. The topological polar surface area (TPSA) is 33.3 Å². The smallest absolute Gasteiger partial charge is 0.0682 e. The summed E-state index contributed by atoms with van der Waals surface area (Å²) in [6.07, 6.45) is 2.29. The largest absolute Gasteiger partial charge is 0.320 e. The minimum absolute atomic E-state index is 0.804. The molecular formula is C6H16N2O. The zero-order chi connectivity index (χ0) is 6.95. The van der Waals surface area contributed by atoms with Crippen LogP contribution in [0.15, 0.2) is 0 Å². The molecule has 0 aliphatic heterocycles. The van der Waals surface area contributed by atoms with Crippen molar-refractivity contribution in [3.63, 3.8) is 0 Å². The quantitative estimate of drug-likeness (QED) is 0.398. The second-order valence-electron chi connectivity index (χ2n) is 1.86.